The summed E-state index contributed by atoms with van der Waals surface area (Å²) in [6.07, 6.45) is 3.17. The van der Waals surface area contributed by atoms with Crippen molar-refractivity contribution < 1.29 is 14.2 Å². The van der Waals surface area contributed by atoms with Crippen molar-refractivity contribution in [2.24, 2.45) is 11.8 Å². The molecule has 2 unspecified atom stereocenters. The maximum absolute atomic E-state index is 14.0. The minimum Gasteiger partial charge on any atom is -0.497 e. The summed E-state index contributed by atoms with van der Waals surface area (Å²) in [7, 11) is 1.65. The molecule has 1 N–H and O–H groups in total. The first-order valence-corrected chi connectivity index (χ1v) is 9.44. The van der Waals surface area contributed by atoms with E-state index in [1.807, 2.05) is 36.4 Å². The number of likely N-dealkylation sites (tertiary alicyclic amines) is 1. The normalized spacial score (nSPS) is 28.7. The van der Waals surface area contributed by atoms with E-state index in [-0.39, 0.29) is 17.7 Å². The molecular formula is C22H26FNO2. The van der Waals surface area contributed by atoms with E-state index >= 15 is 0 Å². The average Bonchev–Trinajstić information content (AvgIpc) is 2.64. The minimum atomic E-state index is -0.795. The summed E-state index contributed by atoms with van der Waals surface area (Å²) in [6, 6.07) is 14.8. The largest absolute Gasteiger partial charge is 0.497 e. The van der Waals surface area contributed by atoms with Crippen molar-refractivity contribution in [3.05, 3.63) is 65.5 Å². The SMILES string of the molecule is COc1ccc(C2(O)C3CCCC2CN(Cc2ccccc2F)C3)cc1. The van der Waals surface area contributed by atoms with E-state index in [1.165, 1.54) is 6.07 Å². The van der Waals surface area contributed by atoms with Gasteiger partial charge in [0, 0.05) is 37.0 Å². The third-order valence-electron chi connectivity index (χ3n) is 6.21. The van der Waals surface area contributed by atoms with Gasteiger partial charge in [0.2, 0.25) is 0 Å². The highest BCUT2D eigenvalue weighted by Crippen LogP contribution is 2.49. The zero-order valence-corrected chi connectivity index (χ0v) is 15.2. The van der Waals surface area contributed by atoms with Crippen LogP contribution in [0.15, 0.2) is 48.5 Å². The van der Waals surface area contributed by atoms with E-state index in [0.29, 0.717) is 6.54 Å². The maximum Gasteiger partial charge on any atom is 0.127 e. The zero-order chi connectivity index (χ0) is 18.1. The smallest absolute Gasteiger partial charge is 0.127 e. The van der Waals surface area contributed by atoms with E-state index in [4.69, 9.17) is 4.74 Å². The van der Waals surface area contributed by atoms with Crippen molar-refractivity contribution >= 4 is 0 Å². The molecule has 0 aromatic heterocycles. The average molecular weight is 355 g/mol. The number of aliphatic hydroxyl groups is 1. The summed E-state index contributed by atoms with van der Waals surface area (Å²) >= 11 is 0. The number of nitrogens with zero attached hydrogens (tertiary/aromatic N) is 1. The number of benzene rings is 2. The summed E-state index contributed by atoms with van der Waals surface area (Å²) in [6.45, 7) is 2.21. The van der Waals surface area contributed by atoms with Crippen LogP contribution >= 0.6 is 0 Å². The molecule has 2 aromatic carbocycles. The molecule has 3 nitrogen and oxygen atoms in total. The van der Waals surface area contributed by atoms with Crippen molar-refractivity contribution in [1.82, 2.24) is 4.90 Å². The lowest BCUT2D eigenvalue weighted by Gasteiger charge is -2.53. The fourth-order valence-corrected chi connectivity index (χ4v) is 4.87. The van der Waals surface area contributed by atoms with Crippen molar-refractivity contribution in [1.29, 1.82) is 0 Å². The van der Waals surface area contributed by atoms with E-state index in [2.05, 4.69) is 4.90 Å². The molecular weight excluding hydrogens is 329 g/mol. The van der Waals surface area contributed by atoms with Gasteiger partial charge < -0.3 is 9.84 Å². The molecule has 138 valence electrons. The van der Waals surface area contributed by atoms with Crippen molar-refractivity contribution in [2.45, 2.75) is 31.4 Å². The molecule has 1 saturated carbocycles. The Labute approximate surface area is 154 Å². The predicted molar refractivity (Wildman–Crippen MR) is 99.4 cm³/mol. The second-order valence-electron chi connectivity index (χ2n) is 7.66. The molecule has 4 heteroatoms. The summed E-state index contributed by atoms with van der Waals surface area (Å²) < 4.78 is 19.3. The lowest BCUT2D eigenvalue weighted by Crippen LogP contribution is -2.57. The fraction of sp³-hybridized carbons (Fsp3) is 0.455. The van der Waals surface area contributed by atoms with Crippen LogP contribution in [0.4, 0.5) is 4.39 Å². The summed E-state index contributed by atoms with van der Waals surface area (Å²) in [5.74, 6) is 1.01. The van der Waals surface area contributed by atoms with Gasteiger partial charge in [0.1, 0.15) is 11.6 Å². The molecule has 1 aliphatic carbocycles. The Morgan fingerprint density at radius 1 is 1.08 bits per heavy atom. The number of piperidine rings is 1. The summed E-state index contributed by atoms with van der Waals surface area (Å²) in [5, 5.41) is 11.7. The molecule has 2 aliphatic rings. The van der Waals surface area contributed by atoms with Gasteiger partial charge >= 0.3 is 0 Å². The first-order chi connectivity index (χ1) is 12.6. The molecule has 1 aliphatic heterocycles. The van der Waals surface area contributed by atoms with Crippen LogP contribution in [0.1, 0.15) is 30.4 Å². The Hall–Kier alpha value is -1.91. The highest BCUT2D eigenvalue weighted by Gasteiger charge is 2.51. The summed E-state index contributed by atoms with van der Waals surface area (Å²) in [5.41, 5.74) is 0.926. The molecule has 1 heterocycles. The lowest BCUT2D eigenvalue weighted by molar-refractivity contribution is -0.148. The van der Waals surface area contributed by atoms with Crippen LogP contribution in [0.3, 0.4) is 0 Å². The summed E-state index contributed by atoms with van der Waals surface area (Å²) in [4.78, 5) is 2.31. The van der Waals surface area contributed by atoms with E-state index in [0.717, 1.165) is 49.2 Å². The Kier molecular flexibility index (Phi) is 4.72. The van der Waals surface area contributed by atoms with Gasteiger partial charge in [-0.25, -0.2) is 4.39 Å². The third-order valence-corrected chi connectivity index (χ3v) is 6.21. The quantitative estimate of drug-likeness (QED) is 0.901. The Morgan fingerprint density at radius 3 is 2.35 bits per heavy atom. The Bertz CT molecular complexity index is 747. The molecule has 2 bridgehead atoms. The third kappa shape index (κ3) is 3.01. The van der Waals surface area contributed by atoms with Crippen LogP contribution in [0.5, 0.6) is 5.75 Å². The van der Waals surface area contributed by atoms with Crippen LogP contribution in [0, 0.1) is 17.7 Å². The predicted octanol–water partition coefficient (Wildman–Crippen LogP) is 3.95. The van der Waals surface area contributed by atoms with Crippen LogP contribution in [0.2, 0.25) is 0 Å². The van der Waals surface area contributed by atoms with Gasteiger partial charge in [0.05, 0.1) is 12.7 Å². The van der Waals surface area contributed by atoms with Gasteiger partial charge in [-0.1, -0.05) is 36.8 Å². The Balaban J connectivity index is 1.57. The molecule has 26 heavy (non-hydrogen) atoms. The molecule has 2 fully saturated rings. The van der Waals surface area contributed by atoms with Crippen LogP contribution < -0.4 is 4.74 Å². The van der Waals surface area contributed by atoms with E-state index in [1.54, 1.807) is 13.2 Å². The van der Waals surface area contributed by atoms with Crippen molar-refractivity contribution in [3.63, 3.8) is 0 Å². The standard InChI is InChI=1S/C22H26FNO2/c1-26-20-11-9-17(10-12-20)22(25)18-6-4-7-19(22)15-24(14-18)13-16-5-2-3-8-21(16)23/h2-3,5,8-12,18-19,25H,4,6-7,13-15H2,1H3. The van der Waals surface area contributed by atoms with Crippen LogP contribution in [-0.4, -0.2) is 30.2 Å². The first kappa shape index (κ1) is 17.5. The highest BCUT2D eigenvalue weighted by atomic mass is 19.1. The molecule has 2 atom stereocenters. The molecule has 2 aromatic rings. The maximum atomic E-state index is 14.0. The second-order valence-corrected chi connectivity index (χ2v) is 7.66. The van der Waals surface area contributed by atoms with E-state index < -0.39 is 5.60 Å². The van der Waals surface area contributed by atoms with Gasteiger partial charge in [0.25, 0.3) is 0 Å². The van der Waals surface area contributed by atoms with Gasteiger partial charge in [-0.3, -0.25) is 4.90 Å². The van der Waals surface area contributed by atoms with Gasteiger partial charge in [0.15, 0.2) is 0 Å². The van der Waals surface area contributed by atoms with Gasteiger partial charge in [-0.05, 0) is 36.6 Å². The number of rotatable bonds is 4. The fourth-order valence-electron chi connectivity index (χ4n) is 4.87. The van der Waals surface area contributed by atoms with Crippen LogP contribution in [0.25, 0.3) is 0 Å². The molecule has 4 rings (SSSR count). The highest BCUT2D eigenvalue weighted by molar-refractivity contribution is 5.33. The topological polar surface area (TPSA) is 32.7 Å². The van der Waals surface area contributed by atoms with Gasteiger partial charge in [-0.2, -0.15) is 0 Å². The number of methoxy groups -OCH3 is 1. The minimum absolute atomic E-state index is 0.145. The first-order valence-electron chi connectivity index (χ1n) is 9.44. The van der Waals surface area contributed by atoms with Crippen molar-refractivity contribution in [2.75, 3.05) is 20.2 Å². The number of hydrogen-bond acceptors (Lipinski definition) is 3. The lowest BCUT2D eigenvalue weighted by atomic mass is 9.62. The number of ether oxygens (including phenoxy) is 1. The molecule has 0 amide bonds. The second kappa shape index (κ2) is 7.01. The monoisotopic (exact) mass is 355 g/mol. The van der Waals surface area contributed by atoms with E-state index in [9.17, 15) is 9.50 Å². The Morgan fingerprint density at radius 2 is 1.73 bits per heavy atom. The zero-order valence-electron chi connectivity index (χ0n) is 15.2. The molecule has 0 spiro atoms. The van der Waals surface area contributed by atoms with Crippen LogP contribution in [-0.2, 0) is 12.1 Å². The van der Waals surface area contributed by atoms with Crippen molar-refractivity contribution in [3.8, 4) is 5.75 Å². The molecule has 1 saturated heterocycles. The number of halogens is 1. The number of hydrogen-bond donors (Lipinski definition) is 1. The van der Waals surface area contributed by atoms with Gasteiger partial charge in [-0.15, -0.1) is 0 Å². The number of fused-ring (bicyclic) bond motifs is 2. The molecule has 0 radical (unpaired) electrons.